The van der Waals surface area contributed by atoms with Gasteiger partial charge < -0.3 is 20.1 Å². The number of ether oxygens (including phenoxy) is 2. The summed E-state index contributed by atoms with van der Waals surface area (Å²) < 4.78 is 11.3. The number of morpholine rings is 1. The predicted molar refractivity (Wildman–Crippen MR) is 121 cm³/mol. The Morgan fingerprint density at radius 2 is 1.61 bits per heavy atom. The molecule has 2 aliphatic heterocycles. The van der Waals surface area contributed by atoms with Crippen molar-refractivity contribution in [1.82, 2.24) is 5.32 Å². The molecule has 0 aliphatic carbocycles. The van der Waals surface area contributed by atoms with E-state index in [0.717, 1.165) is 42.9 Å². The summed E-state index contributed by atoms with van der Waals surface area (Å²) in [6.07, 6.45) is 2.78. The summed E-state index contributed by atoms with van der Waals surface area (Å²) >= 11 is 0. The summed E-state index contributed by atoms with van der Waals surface area (Å²) in [4.78, 5) is 11.4. The van der Waals surface area contributed by atoms with Crippen LogP contribution in [0.25, 0.3) is 0 Å². The molecule has 31 heavy (non-hydrogen) atoms. The van der Waals surface area contributed by atoms with E-state index in [9.17, 15) is 4.79 Å². The number of hydrogen-bond acceptors (Lipinski definition) is 4. The standard InChI is InChI=1S/C26H26N2O3/c29-26-17-30-16-22(28-26)15-19-3-8-24(9-4-19)31-23-6-1-18(2-7-23)13-20-5-10-25-21(14-20)11-12-27-25/h1-10,14,22,27H,11-13,15-17H2,(H,28,29). The lowest BCUT2D eigenvalue weighted by atomic mass is 10.0. The molecule has 1 fully saturated rings. The molecular weight excluding hydrogens is 388 g/mol. The quantitative estimate of drug-likeness (QED) is 0.638. The maximum atomic E-state index is 11.4. The molecule has 0 aromatic heterocycles. The molecule has 5 nitrogen and oxygen atoms in total. The predicted octanol–water partition coefficient (Wildman–Crippen LogP) is 4.10. The van der Waals surface area contributed by atoms with Crippen molar-refractivity contribution in [3.8, 4) is 11.5 Å². The lowest BCUT2D eigenvalue weighted by molar-refractivity contribution is -0.131. The second-order valence-corrected chi connectivity index (χ2v) is 8.22. The number of benzene rings is 3. The summed E-state index contributed by atoms with van der Waals surface area (Å²) in [5, 5.41) is 6.36. The van der Waals surface area contributed by atoms with Gasteiger partial charge in [-0.2, -0.15) is 0 Å². The van der Waals surface area contributed by atoms with Crippen molar-refractivity contribution in [2.24, 2.45) is 0 Å². The van der Waals surface area contributed by atoms with Crippen LogP contribution in [0.4, 0.5) is 5.69 Å². The topological polar surface area (TPSA) is 59.6 Å². The summed E-state index contributed by atoms with van der Waals surface area (Å²) in [6, 6.07) is 23.0. The highest BCUT2D eigenvalue weighted by molar-refractivity contribution is 5.78. The van der Waals surface area contributed by atoms with Gasteiger partial charge in [0.25, 0.3) is 0 Å². The molecule has 0 radical (unpaired) electrons. The van der Waals surface area contributed by atoms with E-state index in [1.54, 1.807) is 0 Å². The Labute approximate surface area is 182 Å². The van der Waals surface area contributed by atoms with Gasteiger partial charge in [0, 0.05) is 12.2 Å². The smallest absolute Gasteiger partial charge is 0.246 e. The summed E-state index contributed by atoms with van der Waals surface area (Å²) in [6.45, 7) is 1.75. The molecule has 0 bridgehead atoms. The fourth-order valence-electron chi connectivity index (χ4n) is 4.21. The van der Waals surface area contributed by atoms with Crippen molar-refractivity contribution in [3.05, 3.63) is 89.0 Å². The molecular formula is C26H26N2O3. The van der Waals surface area contributed by atoms with Crippen molar-refractivity contribution in [3.63, 3.8) is 0 Å². The van der Waals surface area contributed by atoms with E-state index in [-0.39, 0.29) is 18.6 Å². The van der Waals surface area contributed by atoms with Gasteiger partial charge in [-0.25, -0.2) is 0 Å². The van der Waals surface area contributed by atoms with Crippen LogP contribution in [0.5, 0.6) is 11.5 Å². The van der Waals surface area contributed by atoms with E-state index >= 15 is 0 Å². The minimum Gasteiger partial charge on any atom is -0.457 e. The molecule has 0 saturated carbocycles. The van der Waals surface area contributed by atoms with Gasteiger partial charge in [0.15, 0.2) is 0 Å². The molecule has 158 valence electrons. The zero-order valence-electron chi connectivity index (χ0n) is 17.4. The van der Waals surface area contributed by atoms with Gasteiger partial charge in [-0.15, -0.1) is 0 Å². The average molecular weight is 415 g/mol. The monoisotopic (exact) mass is 414 g/mol. The number of fused-ring (bicyclic) bond motifs is 1. The Morgan fingerprint density at radius 3 is 2.35 bits per heavy atom. The second kappa shape index (κ2) is 8.82. The molecule has 2 N–H and O–H groups in total. The Balaban J connectivity index is 1.17. The van der Waals surface area contributed by atoms with E-state index in [1.807, 2.05) is 36.4 Å². The molecule has 1 atom stereocenters. The minimum atomic E-state index is -0.0483. The Kier molecular flexibility index (Phi) is 5.59. The van der Waals surface area contributed by atoms with E-state index in [2.05, 4.69) is 41.0 Å². The third-order valence-electron chi connectivity index (χ3n) is 5.77. The van der Waals surface area contributed by atoms with Crippen LogP contribution in [0.1, 0.15) is 22.3 Å². The first-order valence-corrected chi connectivity index (χ1v) is 10.8. The number of rotatable bonds is 6. The number of carbonyl (C=O) groups is 1. The van der Waals surface area contributed by atoms with E-state index < -0.39 is 0 Å². The van der Waals surface area contributed by atoms with Gasteiger partial charge in [-0.05, 0) is 71.8 Å². The van der Waals surface area contributed by atoms with Gasteiger partial charge in [0.2, 0.25) is 5.91 Å². The Morgan fingerprint density at radius 1 is 0.903 bits per heavy atom. The highest BCUT2D eigenvalue weighted by atomic mass is 16.5. The normalized spacial score (nSPS) is 17.5. The first-order chi connectivity index (χ1) is 15.2. The molecule has 1 amide bonds. The van der Waals surface area contributed by atoms with Crippen molar-refractivity contribution in [1.29, 1.82) is 0 Å². The van der Waals surface area contributed by atoms with Gasteiger partial charge >= 0.3 is 0 Å². The second-order valence-electron chi connectivity index (χ2n) is 8.22. The largest absolute Gasteiger partial charge is 0.457 e. The fourth-order valence-corrected chi connectivity index (χ4v) is 4.21. The third kappa shape index (κ3) is 4.89. The van der Waals surface area contributed by atoms with E-state index in [4.69, 9.17) is 9.47 Å². The van der Waals surface area contributed by atoms with Crippen molar-refractivity contribution in [2.45, 2.75) is 25.3 Å². The SMILES string of the molecule is O=C1COCC(Cc2ccc(Oc3ccc(Cc4ccc5c(c4)CCN5)cc3)cc2)N1. The minimum absolute atomic E-state index is 0.0301. The first-order valence-electron chi connectivity index (χ1n) is 10.8. The zero-order valence-corrected chi connectivity index (χ0v) is 17.4. The summed E-state index contributed by atoms with van der Waals surface area (Å²) in [5.41, 5.74) is 6.44. The van der Waals surface area contributed by atoms with Gasteiger partial charge in [-0.1, -0.05) is 36.4 Å². The first kappa shape index (κ1) is 19.6. The third-order valence-corrected chi connectivity index (χ3v) is 5.77. The van der Waals surface area contributed by atoms with Gasteiger partial charge in [0.05, 0.1) is 12.6 Å². The van der Waals surface area contributed by atoms with Crippen molar-refractivity contribution < 1.29 is 14.3 Å². The van der Waals surface area contributed by atoms with Gasteiger partial charge in [-0.3, -0.25) is 4.79 Å². The van der Waals surface area contributed by atoms with E-state index in [1.165, 1.54) is 22.4 Å². The van der Waals surface area contributed by atoms with Crippen molar-refractivity contribution in [2.75, 3.05) is 25.1 Å². The lowest BCUT2D eigenvalue weighted by Gasteiger charge is -2.23. The van der Waals surface area contributed by atoms with E-state index in [0.29, 0.717) is 6.61 Å². The number of carbonyl (C=O) groups excluding carboxylic acids is 1. The van der Waals surface area contributed by atoms with Crippen LogP contribution in [0.15, 0.2) is 66.7 Å². The number of nitrogens with one attached hydrogen (secondary N) is 2. The average Bonchev–Trinajstić information content (AvgIpc) is 3.25. The summed E-state index contributed by atoms with van der Waals surface area (Å²) in [5.74, 6) is 1.57. The van der Waals surface area contributed by atoms with Crippen LogP contribution in [0, 0.1) is 0 Å². The number of amides is 1. The van der Waals surface area contributed by atoms with Crippen molar-refractivity contribution >= 4 is 11.6 Å². The Bertz CT molecular complexity index is 1060. The molecule has 0 spiro atoms. The van der Waals surface area contributed by atoms with Crippen LogP contribution in [-0.4, -0.2) is 31.7 Å². The fraction of sp³-hybridized carbons (Fsp3) is 0.269. The molecule has 1 unspecified atom stereocenters. The van der Waals surface area contributed by atoms with Gasteiger partial charge in [0.1, 0.15) is 18.1 Å². The molecule has 3 aromatic rings. The van der Waals surface area contributed by atoms with Crippen LogP contribution in [0.3, 0.4) is 0 Å². The molecule has 2 aliphatic rings. The molecule has 5 heteroatoms. The van der Waals surface area contributed by atoms with Crippen LogP contribution < -0.4 is 15.4 Å². The number of anilines is 1. The van der Waals surface area contributed by atoms with Crippen LogP contribution in [-0.2, 0) is 28.8 Å². The Hall–Kier alpha value is -3.31. The molecule has 5 rings (SSSR count). The van der Waals surface area contributed by atoms with Crippen LogP contribution in [0.2, 0.25) is 0 Å². The molecule has 2 heterocycles. The molecule has 1 saturated heterocycles. The lowest BCUT2D eigenvalue weighted by Crippen LogP contribution is -2.46. The summed E-state index contributed by atoms with van der Waals surface area (Å²) in [7, 11) is 0. The highest BCUT2D eigenvalue weighted by Crippen LogP contribution is 2.26. The molecule has 3 aromatic carbocycles. The number of hydrogen-bond donors (Lipinski definition) is 2. The zero-order chi connectivity index (χ0) is 21.0. The van der Waals surface area contributed by atoms with Crippen LogP contribution >= 0.6 is 0 Å². The maximum Gasteiger partial charge on any atom is 0.246 e. The highest BCUT2D eigenvalue weighted by Gasteiger charge is 2.18. The maximum absolute atomic E-state index is 11.4.